The lowest BCUT2D eigenvalue weighted by atomic mass is 9.96. The van der Waals surface area contributed by atoms with Crippen molar-refractivity contribution in [2.45, 2.75) is 32.2 Å². The number of aromatic nitrogens is 2. The minimum absolute atomic E-state index is 0.343. The first-order chi connectivity index (χ1) is 15.1. The quantitative estimate of drug-likeness (QED) is 0.345. The number of nitrogens with zero attached hydrogens (tertiary/aromatic N) is 1. The van der Waals surface area contributed by atoms with Gasteiger partial charge >= 0.3 is 0 Å². The van der Waals surface area contributed by atoms with E-state index in [0.29, 0.717) is 22.0 Å². The molecule has 5 aromatic rings. The van der Waals surface area contributed by atoms with E-state index in [0.717, 1.165) is 64.9 Å². The summed E-state index contributed by atoms with van der Waals surface area (Å²) >= 11 is 0. The molecule has 0 atom stereocenters. The Labute approximate surface area is 175 Å². The van der Waals surface area contributed by atoms with Crippen LogP contribution in [-0.2, 0) is 13.0 Å². The van der Waals surface area contributed by atoms with E-state index in [1.165, 1.54) is 17.7 Å². The van der Waals surface area contributed by atoms with Crippen molar-refractivity contribution < 1.29 is 14.0 Å². The molecule has 152 valence electrons. The van der Waals surface area contributed by atoms with Gasteiger partial charge in [-0.3, -0.25) is 14.9 Å². The minimum atomic E-state index is -0.390. The molecule has 6 heteroatoms. The summed E-state index contributed by atoms with van der Waals surface area (Å²) in [7, 11) is 0. The number of rotatable bonds is 0. The first-order valence-electron chi connectivity index (χ1n) is 10.7. The molecule has 5 nitrogen and oxygen atoms in total. The number of amides is 2. The summed E-state index contributed by atoms with van der Waals surface area (Å²) in [6, 6.07) is 10.8. The van der Waals surface area contributed by atoms with Gasteiger partial charge in [-0.05, 0) is 43.0 Å². The Morgan fingerprint density at radius 1 is 0.871 bits per heavy atom. The highest BCUT2D eigenvalue weighted by molar-refractivity contribution is 6.39. The number of carbonyl (C=O) groups is 2. The summed E-state index contributed by atoms with van der Waals surface area (Å²) in [4.78, 5) is 29.3. The normalized spacial score (nSPS) is 16.3. The van der Waals surface area contributed by atoms with Crippen LogP contribution in [0.1, 0.15) is 45.5 Å². The number of para-hydroxylation sites is 1. The number of aryl methyl sites for hydroxylation is 2. The molecule has 0 aliphatic carbocycles. The molecule has 0 spiro atoms. The molecule has 3 aromatic carbocycles. The maximum Gasteiger partial charge on any atom is 0.259 e. The van der Waals surface area contributed by atoms with Crippen LogP contribution >= 0.6 is 0 Å². The van der Waals surface area contributed by atoms with E-state index in [1.807, 2.05) is 12.1 Å². The number of imide groups is 1. The van der Waals surface area contributed by atoms with E-state index in [-0.39, 0.29) is 11.7 Å². The van der Waals surface area contributed by atoms with Gasteiger partial charge in [-0.2, -0.15) is 0 Å². The van der Waals surface area contributed by atoms with E-state index >= 15 is 0 Å². The van der Waals surface area contributed by atoms with Gasteiger partial charge in [0.05, 0.1) is 27.7 Å². The van der Waals surface area contributed by atoms with Gasteiger partial charge in [0.1, 0.15) is 5.82 Å². The zero-order chi connectivity index (χ0) is 20.9. The van der Waals surface area contributed by atoms with Crippen molar-refractivity contribution >= 4 is 55.4 Å². The Hall–Kier alpha value is -3.67. The number of halogens is 1. The second-order valence-electron chi connectivity index (χ2n) is 8.60. The van der Waals surface area contributed by atoms with Gasteiger partial charge in [0.15, 0.2) is 0 Å². The molecule has 0 bridgehead atoms. The van der Waals surface area contributed by atoms with Crippen LogP contribution in [0.25, 0.3) is 43.6 Å². The molecule has 0 unspecified atom stereocenters. The molecule has 4 heterocycles. The fourth-order valence-electron chi connectivity index (χ4n) is 5.73. The molecule has 2 N–H and O–H groups in total. The third kappa shape index (κ3) is 2.04. The van der Waals surface area contributed by atoms with Crippen molar-refractivity contribution in [2.24, 2.45) is 0 Å². The zero-order valence-corrected chi connectivity index (χ0v) is 16.6. The molecule has 2 amide bonds. The van der Waals surface area contributed by atoms with Crippen LogP contribution in [0.15, 0.2) is 36.4 Å². The summed E-state index contributed by atoms with van der Waals surface area (Å²) in [6.45, 7) is 0.837. The summed E-state index contributed by atoms with van der Waals surface area (Å²) in [5.41, 5.74) is 5.59. The van der Waals surface area contributed by atoms with Crippen molar-refractivity contribution in [2.75, 3.05) is 0 Å². The topological polar surface area (TPSA) is 66.9 Å². The standard InChI is InChI=1S/C25H18FN3O2/c26-13-8-9-14-16(11-13)27-21-17(14)19-20(25(31)28-24(19)30)18-15-7-4-6-12-5-2-1-3-10-29(22(12)15)23(18)21/h4,6-9,11,27H,1-3,5,10H2,(H,28,30,31). The SMILES string of the molecule is O=C1NC(=O)c2c1c1c3ccc(F)cc3[nH]c1c1c2c2cccc3c2n1CCCCC3. The van der Waals surface area contributed by atoms with Crippen molar-refractivity contribution in [1.29, 1.82) is 0 Å². The van der Waals surface area contributed by atoms with E-state index in [9.17, 15) is 14.0 Å². The molecule has 0 saturated heterocycles. The fraction of sp³-hybridized carbons (Fsp3) is 0.200. The Bertz CT molecular complexity index is 1640. The van der Waals surface area contributed by atoms with E-state index < -0.39 is 5.91 Å². The monoisotopic (exact) mass is 411 g/mol. The van der Waals surface area contributed by atoms with Crippen molar-refractivity contribution in [3.63, 3.8) is 0 Å². The highest BCUT2D eigenvalue weighted by Crippen LogP contribution is 2.44. The van der Waals surface area contributed by atoms with Crippen LogP contribution in [0.3, 0.4) is 0 Å². The first kappa shape index (κ1) is 17.1. The number of benzene rings is 3. The summed E-state index contributed by atoms with van der Waals surface area (Å²) < 4.78 is 16.3. The third-order valence-electron chi connectivity index (χ3n) is 6.92. The Kier molecular flexibility index (Phi) is 3.15. The Morgan fingerprint density at radius 2 is 1.71 bits per heavy atom. The highest BCUT2D eigenvalue weighted by Gasteiger charge is 2.36. The van der Waals surface area contributed by atoms with Crippen LogP contribution < -0.4 is 5.32 Å². The van der Waals surface area contributed by atoms with E-state index in [4.69, 9.17) is 0 Å². The van der Waals surface area contributed by atoms with Crippen molar-refractivity contribution in [3.05, 3.63) is 58.9 Å². The first-order valence-corrected chi connectivity index (χ1v) is 10.7. The predicted molar refractivity (Wildman–Crippen MR) is 118 cm³/mol. The maximum atomic E-state index is 14.0. The molecule has 2 aliphatic heterocycles. The van der Waals surface area contributed by atoms with Gasteiger partial charge in [-0.15, -0.1) is 0 Å². The second-order valence-corrected chi connectivity index (χ2v) is 8.60. The van der Waals surface area contributed by atoms with Crippen LogP contribution in [0.5, 0.6) is 0 Å². The molecule has 0 saturated carbocycles. The third-order valence-corrected chi connectivity index (χ3v) is 6.92. The number of hydrogen-bond acceptors (Lipinski definition) is 2. The van der Waals surface area contributed by atoms with Gasteiger partial charge in [0.2, 0.25) is 0 Å². The number of H-pyrrole nitrogens is 1. The Morgan fingerprint density at radius 3 is 2.58 bits per heavy atom. The fourth-order valence-corrected chi connectivity index (χ4v) is 5.73. The largest absolute Gasteiger partial charge is 0.353 e. The average molecular weight is 411 g/mol. The van der Waals surface area contributed by atoms with Crippen molar-refractivity contribution in [3.8, 4) is 0 Å². The number of hydrogen-bond donors (Lipinski definition) is 2. The predicted octanol–water partition coefficient (Wildman–Crippen LogP) is 5.18. The minimum Gasteiger partial charge on any atom is -0.353 e. The molecule has 31 heavy (non-hydrogen) atoms. The summed E-state index contributed by atoms with van der Waals surface area (Å²) in [6.07, 6.45) is 4.31. The van der Waals surface area contributed by atoms with Crippen molar-refractivity contribution in [1.82, 2.24) is 14.9 Å². The highest BCUT2D eigenvalue weighted by atomic mass is 19.1. The molecule has 2 aliphatic rings. The molecule has 0 radical (unpaired) electrons. The molecule has 2 aromatic heterocycles. The van der Waals surface area contributed by atoms with Crippen LogP contribution in [0.2, 0.25) is 0 Å². The van der Waals surface area contributed by atoms with Crippen LogP contribution in [0.4, 0.5) is 4.39 Å². The molecule has 7 rings (SSSR count). The lowest BCUT2D eigenvalue weighted by molar-refractivity contribution is 0.0880. The average Bonchev–Trinajstić information content (AvgIpc) is 3.35. The second kappa shape index (κ2) is 5.72. The summed E-state index contributed by atoms with van der Waals surface area (Å²) in [5.74, 6) is -1.09. The summed E-state index contributed by atoms with van der Waals surface area (Å²) in [5, 5.41) is 5.77. The number of nitrogens with one attached hydrogen (secondary N) is 2. The molecular weight excluding hydrogens is 393 g/mol. The number of carbonyl (C=O) groups excluding carboxylic acids is 2. The van der Waals surface area contributed by atoms with Gasteiger partial charge in [-0.25, -0.2) is 4.39 Å². The van der Waals surface area contributed by atoms with Gasteiger partial charge in [0.25, 0.3) is 11.8 Å². The molecular formula is C25H18FN3O2. The lowest BCUT2D eigenvalue weighted by Gasteiger charge is -2.14. The lowest BCUT2D eigenvalue weighted by Crippen LogP contribution is -2.20. The zero-order valence-electron chi connectivity index (χ0n) is 16.6. The van der Waals surface area contributed by atoms with Crippen LogP contribution in [-0.4, -0.2) is 21.4 Å². The Balaban J connectivity index is 1.83. The van der Waals surface area contributed by atoms with E-state index in [2.05, 4.69) is 20.9 Å². The number of aromatic amines is 1. The maximum absolute atomic E-state index is 14.0. The molecule has 0 fully saturated rings. The number of fused-ring (bicyclic) bond motifs is 10. The van der Waals surface area contributed by atoms with Gasteiger partial charge < -0.3 is 9.55 Å². The van der Waals surface area contributed by atoms with Gasteiger partial charge in [0, 0.05) is 33.6 Å². The van der Waals surface area contributed by atoms with Gasteiger partial charge in [-0.1, -0.05) is 24.6 Å². The smallest absolute Gasteiger partial charge is 0.259 e. The van der Waals surface area contributed by atoms with E-state index in [1.54, 1.807) is 6.07 Å². The van der Waals surface area contributed by atoms with Crippen LogP contribution in [0, 0.1) is 5.82 Å².